The zero-order chi connectivity index (χ0) is 8.27. The molecule has 0 unspecified atom stereocenters. The van der Waals surface area contributed by atoms with Crippen LogP contribution in [-0.2, 0) is 6.54 Å². The van der Waals surface area contributed by atoms with Crippen LogP contribution in [0.5, 0.6) is 0 Å². The van der Waals surface area contributed by atoms with E-state index in [1.54, 1.807) is 4.57 Å². The van der Waals surface area contributed by atoms with E-state index < -0.39 is 0 Å². The minimum atomic E-state index is 0.588. The van der Waals surface area contributed by atoms with Gasteiger partial charge in [0.05, 0.1) is 6.54 Å². The third-order valence-corrected chi connectivity index (χ3v) is 1.38. The Kier molecular flexibility index (Phi) is 2.10. The molecule has 0 bridgehead atoms. The van der Waals surface area contributed by atoms with E-state index >= 15 is 0 Å². The van der Waals surface area contributed by atoms with Gasteiger partial charge in [-0.25, -0.2) is 9.30 Å². The van der Waals surface area contributed by atoms with Gasteiger partial charge in [-0.2, -0.15) is 0 Å². The fourth-order valence-corrected chi connectivity index (χ4v) is 0.873. The highest BCUT2D eigenvalue weighted by molar-refractivity contribution is 5.75. The smallest absolute Gasteiger partial charge is 0.247 e. The number of nitrogens with zero attached hydrogens (tertiary/aromatic N) is 3. The van der Waals surface area contributed by atoms with Gasteiger partial charge in [-0.15, -0.1) is 0 Å². The Balaban J connectivity index is 3.01. The van der Waals surface area contributed by atoms with E-state index in [2.05, 4.69) is 5.16 Å². The van der Waals surface area contributed by atoms with Crippen molar-refractivity contribution in [2.24, 2.45) is 5.16 Å². The van der Waals surface area contributed by atoms with E-state index in [1.807, 2.05) is 6.92 Å². The van der Waals surface area contributed by atoms with Gasteiger partial charge in [-0.1, -0.05) is 5.16 Å². The largest absolute Gasteiger partial charge is 0.711 e. The van der Waals surface area contributed by atoms with E-state index in [1.165, 1.54) is 18.7 Å². The van der Waals surface area contributed by atoms with Crippen molar-refractivity contribution in [1.29, 1.82) is 0 Å². The summed E-state index contributed by atoms with van der Waals surface area (Å²) >= 11 is 0. The van der Waals surface area contributed by atoms with Gasteiger partial charge < -0.3 is 10.4 Å². The van der Waals surface area contributed by atoms with Crippen molar-refractivity contribution in [2.75, 3.05) is 0 Å². The summed E-state index contributed by atoms with van der Waals surface area (Å²) in [6, 6.07) is 0. The molecule has 5 nitrogen and oxygen atoms in total. The number of rotatable bonds is 2. The molecule has 0 aliphatic rings. The predicted octanol–water partition coefficient (Wildman–Crippen LogP) is -0.0505. The first-order valence-electron chi connectivity index (χ1n) is 3.24. The summed E-state index contributed by atoms with van der Waals surface area (Å²) in [6.45, 7) is 2.57. The molecule has 11 heavy (non-hydrogen) atoms. The number of hydrogen-bond acceptors (Lipinski definition) is 3. The first-order chi connectivity index (χ1) is 5.27. The van der Waals surface area contributed by atoms with Crippen LogP contribution in [0, 0.1) is 5.21 Å². The molecule has 1 aromatic rings. The van der Waals surface area contributed by atoms with Crippen LogP contribution >= 0.6 is 0 Å². The van der Waals surface area contributed by atoms with Crippen molar-refractivity contribution in [3.63, 3.8) is 0 Å². The van der Waals surface area contributed by atoms with Gasteiger partial charge in [0, 0.05) is 0 Å². The average molecular weight is 155 g/mol. The fraction of sp³-hybridized carbons (Fsp3) is 0.333. The van der Waals surface area contributed by atoms with Crippen molar-refractivity contribution in [3.05, 3.63) is 23.4 Å². The lowest BCUT2D eigenvalue weighted by atomic mass is 10.5. The van der Waals surface area contributed by atoms with E-state index in [0.717, 1.165) is 0 Å². The van der Waals surface area contributed by atoms with Crippen molar-refractivity contribution in [3.8, 4) is 0 Å². The van der Waals surface area contributed by atoms with Gasteiger partial charge in [-0.05, 0) is 6.92 Å². The Hall–Kier alpha value is -1.52. The maximum absolute atomic E-state index is 10.7. The number of aryl methyl sites for hydroxylation is 1. The predicted molar refractivity (Wildman–Crippen MR) is 38.4 cm³/mol. The molecule has 0 fully saturated rings. The average Bonchev–Trinajstić information content (AvgIpc) is 2.32. The standard InChI is InChI=1S/C6H9N3O2/c1-2-8-5-9(11)4-6(8)3-7-10/h3-5,10H,2H2,1H3. The van der Waals surface area contributed by atoms with Crippen LogP contribution in [0.2, 0.25) is 0 Å². The lowest BCUT2D eigenvalue weighted by molar-refractivity contribution is -0.604. The first kappa shape index (κ1) is 7.59. The zero-order valence-corrected chi connectivity index (χ0v) is 6.14. The number of oxime groups is 1. The summed E-state index contributed by atoms with van der Waals surface area (Å²) < 4.78 is 2.34. The Morgan fingerprint density at radius 1 is 1.91 bits per heavy atom. The van der Waals surface area contributed by atoms with Gasteiger partial charge >= 0.3 is 0 Å². The summed E-state index contributed by atoms with van der Waals surface area (Å²) in [5, 5.41) is 21.7. The van der Waals surface area contributed by atoms with E-state index in [-0.39, 0.29) is 0 Å². The molecule has 0 radical (unpaired) electrons. The monoisotopic (exact) mass is 155 g/mol. The second-order valence-corrected chi connectivity index (χ2v) is 2.06. The first-order valence-corrected chi connectivity index (χ1v) is 3.24. The summed E-state index contributed by atoms with van der Waals surface area (Å²) in [7, 11) is 0. The molecule has 1 rings (SSSR count). The molecule has 0 saturated heterocycles. The molecule has 1 aromatic heterocycles. The highest BCUT2D eigenvalue weighted by atomic mass is 16.5. The molecule has 0 aliphatic carbocycles. The summed E-state index contributed by atoms with van der Waals surface area (Å²) in [6.07, 6.45) is 3.94. The molecular formula is C6H9N3O2. The Morgan fingerprint density at radius 2 is 2.64 bits per heavy atom. The maximum atomic E-state index is 10.7. The molecule has 60 valence electrons. The second-order valence-electron chi connectivity index (χ2n) is 2.06. The maximum Gasteiger partial charge on any atom is 0.247 e. The highest BCUT2D eigenvalue weighted by Crippen LogP contribution is 1.92. The van der Waals surface area contributed by atoms with Crippen LogP contribution in [-0.4, -0.2) is 16.0 Å². The minimum Gasteiger partial charge on any atom is -0.711 e. The van der Waals surface area contributed by atoms with Crippen LogP contribution in [0.4, 0.5) is 0 Å². The molecule has 0 spiro atoms. The molecule has 5 heteroatoms. The van der Waals surface area contributed by atoms with Gasteiger partial charge in [0.25, 0.3) is 0 Å². The topological polar surface area (TPSA) is 64.5 Å². The van der Waals surface area contributed by atoms with E-state index in [4.69, 9.17) is 5.21 Å². The van der Waals surface area contributed by atoms with Crippen LogP contribution in [0.3, 0.4) is 0 Å². The zero-order valence-electron chi connectivity index (χ0n) is 6.14. The van der Waals surface area contributed by atoms with Crippen LogP contribution < -0.4 is 4.73 Å². The third kappa shape index (κ3) is 1.49. The SMILES string of the molecule is CCn1c[n+]([O-])cc1C=NO. The van der Waals surface area contributed by atoms with Crippen molar-refractivity contribution >= 4 is 6.21 Å². The summed E-state index contributed by atoms with van der Waals surface area (Å²) in [5.74, 6) is 0. The van der Waals surface area contributed by atoms with Crippen molar-refractivity contribution < 1.29 is 9.94 Å². The lowest BCUT2D eigenvalue weighted by Gasteiger charge is -1.89. The molecule has 0 atom stereocenters. The number of imidazole rings is 1. The summed E-state index contributed by atoms with van der Waals surface area (Å²) in [5.41, 5.74) is 0.588. The molecular weight excluding hydrogens is 146 g/mol. The Labute approximate surface area is 63.8 Å². The second kappa shape index (κ2) is 3.05. The normalized spacial score (nSPS) is 11.0. The molecule has 1 heterocycles. The Bertz CT molecular complexity index is 267. The van der Waals surface area contributed by atoms with Gasteiger partial charge in [0.2, 0.25) is 6.33 Å². The molecule has 0 aliphatic heterocycles. The van der Waals surface area contributed by atoms with Crippen LogP contribution in [0.25, 0.3) is 0 Å². The van der Waals surface area contributed by atoms with Gasteiger partial charge in [0.15, 0.2) is 5.69 Å². The van der Waals surface area contributed by atoms with Crippen LogP contribution in [0.15, 0.2) is 17.7 Å². The van der Waals surface area contributed by atoms with E-state index in [9.17, 15) is 5.21 Å². The van der Waals surface area contributed by atoms with E-state index in [0.29, 0.717) is 17.0 Å². The minimum absolute atomic E-state index is 0.588. The molecule has 0 aromatic carbocycles. The summed E-state index contributed by atoms with van der Waals surface area (Å²) in [4.78, 5) is 0. The van der Waals surface area contributed by atoms with Crippen molar-refractivity contribution in [1.82, 2.24) is 4.57 Å². The molecule has 0 amide bonds. The number of hydrogen-bond donors (Lipinski definition) is 1. The Morgan fingerprint density at radius 3 is 3.18 bits per heavy atom. The van der Waals surface area contributed by atoms with Crippen LogP contribution in [0.1, 0.15) is 12.6 Å². The number of aromatic nitrogens is 2. The molecule has 0 saturated carbocycles. The van der Waals surface area contributed by atoms with Crippen molar-refractivity contribution in [2.45, 2.75) is 13.5 Å². The van der Waals surface area contributed by atoms with Gasteiger partial charge in [0.1, 0.15) is 12.4 Å². The quantitative estimate of drug-likeness (QED) is 0.214. The fourth-order valence-electron chi connectivity index (χ4n) is 0.873. The molecule has 1 N–H and O–H groups in total. The third-order valence-electron chi connectivity index (χ3n) is 1.38. The highest BCUT2D eigenvalue weighted by Gasteiger charge is 2.04. The lowest BCUT2D eigenvalue weighted by Crippen LogP contribution is -2.21. The van der Waals surface area contributed by atoms with Gasteiger partial charge in [-0.3, -0.25) is 0 Å².